The Kier molecular flexibility index (Phi) is 41.0. The van der Waals surface area contributed by atoms with Crippen molar-refractivity contribution in [2.75, 3.05) is 20.0 Å². The van der Waals surface area contributed by atoms with Gasteiger partial charge in [-0.15, -0.1) is 0 Å². The van der Waals surface area contributed by atoms with E-state index in [1.807, 2.05) is 0 Å². The van der Waals surface area contributed by atoms with Crippen LogP contribution in [0.3, 0.4) is 0 Å². The van der Waals surface area contributed by atoms with E-state index in [1.165, 1.54) is 64.8 Å². The molecule has 9 aromatic rings. The standard InChI is InChI=1S/3C18H15S.C15H22F4O6S.C12H16F4O6S.C9H12F4O6S/c3*1-4-10-16(11-5-1)19(17-12-6-2-7-13-17)18-14-8-3-9-15-18;1-10(2)12(20)25-13(11-6-4-3-5-7-11)24-9-8-14(16,17)15(18,19)26(21,22)23;1-7(2)10(17)22-9-5-3-4-8(21-9)6-11(13,14)12(15,16)23(18,19)20;1-6(2)7(14)19-5-18-4-3-8(10,11)9(12,13)20(15,16)17/h3*1-15H;11,13H,1,3-9H2,2H3,(H,21,22,23);8-9H,1,3-6H2,2H3,(H,18,19,20);1,3-5H2,2H3,(H,15,16,17)/q3*+1;;;/p-3. The number of rotatable bonds is 32. The van der Waals surface area contributed by atoms with Crippen LogP contribution >= 0.6 is 0 Å². The van der Waals surface area contributed by atoms with E-state index in [-0.39, 0.29) is 74.6 Å². The average molecular weight is 1880 g/mol. The number of carbonyl (C=O) groups excluding carboxylic acids is 3. The molecule has 126 heavy (non-hydrogen) atoms. The predicted molar refractivity (Wildman–Crippen MR) is 449 cm³/mol. The summed E-state index contributed by atoms with van der Waals surface area (Å²) in [6.07, 6.45) is -5.07. The summed E-state index contributed by atoms with van der Waals surface area (Å²) >= 11 is 0. The molecule has 2 fully saturated rings. The molecule has 0 radical (unpaired) electrons. The van der Waals surface area contributed by atoms with Gasteiger partial charge in [0.25, 0.3) is 0 Å². The first kappa shape index (κ1) is 105. The minimum Gasteiger partial charge on any atom is -0.743 e. The largest absolute Gasteiger partial charge is 0.743 e. The summed E-state index contributed by atoms with van der Waals surface area (Å²) in [7, 11) is -19.6. The zero-order valence-corrected chi connectivity index (χ0v) is 73.0. The Labute approximate surface area is 733 Å². The molecule has 2 aliphatic rings. The van der Waals surface area contributed by atoms with E-state index in [0.29, 0.717) is 12.8 Å². The van der Waals surface area contributed by atoms with Gasteiger partial charge < -0.3 is 42.1 Å². The molecule has 1 aliphatic heterocycles. The lowest BCUT2D eigenvalue weighted by Gasteiger charge is -2.34. The van der Waals surface area contributed by atoms with E-state index >= 15 is 0 Å². The van der Waals surface area contributed by atoms with Crippen LogP contribution in [-0.4, -0.2) is 129 Å². The first-order valence-corrected chi connectivity index (χ1v) is 46.4. The van der Waals surface area contributed by atoms with Crippen LogP contribution in [-0.2, 0) is 106 Å². The molecule has 1 saturated heterocycles. The van der Waals surface area contributed by atoms with Crippen molar-refractivity contribution >= 4 is 80.9 Å². The van der Waals surface area contributed by atoms with E-state index in [4.69, 9.17) is 18.9 Å². The van der Waals surface area contributed by atoms with Gasteiger partial charge in [-0.25, -0.2) is 39.6 Å². The summed E-state index contributed by atoms with van der Waals surface area (Å²) in [5.41, 5.74) is 0.0802. The molecule has 0 spiro atoms. The van der Waals surface area contributed by atoms with E-state index in [2.05, 4.69) is 302 Å². The number of ether oxygens (including phenoxy) is 6. The number of esters is 3. The van der Waals surface area contributed by atoms with Crippen LogP contribution in [0.2, 0.25) is 0 Å². The van der Waals surface area contributed by atoms with Crippen molar-refractivity contribution in [3.8, 4) is 0 Å². The summed E-state index contributed by atoms with van der Waals surface area (Å²) in [6, 6.07) is 96.5. The second kappa shape index (κ2) is 49.1. The Balaban J connectivity index is 0.000000234. The van der Waals surface area contributed by atoms with E-state index in [0.717, 1.165) is 19.3 Å². The van der Waals surface area contributed by atoms with Crippen molar-refractivity contribution in [2.24, 2.45) is 5.92 Å². The molecule has 36 heteroatoms. The van der Waals surface area contributed by atoms with Crippen LogP contribution in [0.1, 0.15) is 91.4 Å². The minimum absolute atomic E-state index is 0.00270. The molecule has 3 unspecified atom stereocenters. The Bertz CT molecular complexity index is 4670. The molecule has 3 atom stereocenters. The SMILES string of the molecule is C=C(C)C(=O)OC(OCCC(F)(F)C(F)(F)S(=O)(=O)[O-])C1CCCCC1.C=C(C)C(=O)OC1CCCC(CC(F)(F)C(F)(F)S(=O)(=O)[O-])O1.C=C(C)C(=O)OCOCCC(F)(F)C(F)(F)S(=O)(=O)[O-].c1ccc([S+](c2ccccc2)c2ccccc2)cc1.c1ccc([S+](c2ccccc2)c2ccccc2)cc1.c1ccc([S+](c2ccccc2)c2ccccc2)cc1. The third-order valence-electron chi connectivity index (χ3n) is 17.9. The second-order valence-corrected chi connectivity index (χ2v) is 38.2. The third-order valence-corrected chi connectivity index (χ3v) is 27.4. The summed E-state index contributed by atoms with van der Waals surface area (Å²) in [4.78, 5) is 46.0. The molecule has 0 N–H and O–H groups in total. The van der Waals surface area contributed by atoms with Crippen molar-refractivity contribution in [3.05, 3.63) is 309 Å². The average Bonchev–Trinajstić information content (AvgIpc) is 0.761. The Morgan fingerprint density at radius 2 is 0.651 bits per heavy atom. The van der Waals surface area contributed by atoms with Crippen molar-refractivity contribution in [3.63, 3.8) is 0 Å². The zero-order valence-electron chi connectivity index (χ0n) is 68.1. The number of benzene rings is 9. The van der Waals surface area contributed by atoms with Gasteiger partial charge in [0.05, 0.1) is 52.0 Å². The summed E-state index contributed by atoms with van der Waals surface area (Å²) in [5, 5.41) is -17.3. The highest BCUT2D eigenvalue weighted by molar-refractivity contribution is 7.97. The van der Waals surface area contributed by atoms with Crippen LogP contribution in [0.5, 0.6) is 0 Å². The molecule has 0 amide bonds. The maximum absolute atomic E-state index is 13.5. The molecule has 1 heterocycles. The van der Waals surface area contributed by atoms with Gasteiger partial charge in [0.15, 0.2) is 81.2 Å². The van der Waals surface area contributed by atoms with Crippen molar-refractivity contribution < 1.29 is 134 Å². The molecular weight excluding hydrogens is 1790 g/mol. The Morgan fingerprint density at radius 1 is 0.381 bits per heavy atom. The van der Waals surface area contributed by atoms with Crippen LogP contribution < -0.4 is 0 Å². The highest BCUT2D eigenvalue weighted by atomic mass is 32.2. The van der Waals surface area contributed by atoms with Crippen molar-refractivity contribution in [1.29, 1.82) is 0 Å². The minimum atomic E-state index is -6.55. The third kappa shape index (κ3) is 31.7. The first-order valence-electron chi connectivity index (χ1n) is 38.5. The lowest BCUT2D eigenvalue weighted by atomic mass is 9.89. The molecule has 1 aliphatic carbocycles. The number of halogens is 12. The molecule has 11 rings (SSSR count). The summed E-state index contributed by atoms with van der Waals surface area (Å²) in [5.74, 6) is -18.2. The fourth-order valence-electron chi connectivity index (χ4n) is 11.5. The molecule has 0 bridgehead atoms. The normalized spacial score (nSPS) is 14.9. The van der Waals surface area contributed by atoms with Gasteiger partial charge in [-0.05, 0) is 156 Å². The van der Waals surface area contributed by atoms with Gasteiger partial charge >= 0.3 is 51.4 Å². The lowest BCUT2D eigenvalue weighted by molar-refractivity contribution is -0.226. The molecule has 9 aromatic carbocycles. The quantitative estimate of drug-likeness (QED) is 0.00553. The fraction of sp³-hybridized carbons (Fsp3) is 0.300. The number of hydrogen-bond donors (Lipinski definition) is 0. The molecule has 680 valence electrons. The van der Waals surface area contributed by atoms with Gasteiger partial charge in [0.2, 0.25) is 12.6 Å². The van der Waals surface area contributed by atoms with Crippen LogP contribution in [0.25, 0.3) is 0 Å². The monoisotopic (exact) mass is 1880 g/mol. The Morgan fingerprint density at radius 3 is 0.921 bits per heavy atom. The van der Waals surface area contributed by atoms with Gasteiger partial charge in [-0.1, -0.05) is 203 Å². The van der Waals surface area contributed by atoms with Gasteiger partial charge in [-0.3, -0.25) is 0 Å². The van der Waals surface area contributed by atoms with Crippen LogP contribution in [0.15, 0.2) is 354 Å². The fourth-order valence-corrected chi connectivity index (χ4v) is 19.2. The van der Waals surface area contributed by atoms with Gasteiger partial charge in [-0.2, -0.15) is 52.7 Å². The van der Waals surface area contributed by atoms with E-state index in [1.54, 1.807) is 0 Å². The predicted octanol–water partition coefficient (Wildman–Crippen LogP) is 20.9. The number of alkyl halides is 12. The van der Waals surface area contributed by atoms with E-state index in [9.17, 15) is 106 Å². The molecule has 0 aromatic heterocycles. The lowest BCUT2D eigenvalue weighted by Crippen LogP contribution is -2.49. The topological polar surface area (TPSA) is 278 Å². The second-order valence-electron chi connectivity index (χ2n) is 27.8. The van der Waals surface area contributed by atoms with Gasteiger partial charge in [0, 0.05) is 48.3 Å². The van der Waals surface area contributed by atoms with Crippen molar-refractivity contribution in [2.45, 2.75) is 188 Å². The Hall–Kier alpha value is -9.57. The number of carbonyl (C=O) groups is 3. The zero-order chi connectivity index (χ0) is 93.2. The molecule has 18 nitrogen and oxygen atoms in total. The molecule has 1 saturated carbocycles. The van der Waals surface area contributed by atoms with Gasteiger partial charge in [0.1, 0.15) is 0 Å². The summed E-state index contributed by atoms with van der Waals surface area (Å²) in [6.45, 7) is 11.0. The summed E-state index contributed by atoms with van der Waals surface area (Å²) < 4.78 is 278. The highest BCUT2D eigenvalue weighted by Crippen LogP contribution is 2.45. The maximum Gasteiger partial charge on any atom is 0.396 e. The number of hydrogen-bond acceptors (Lipinski definition) is 18. The maximum atomic E-state index is 13.5. The highest BCUT2D eigenvalue weighted by Gasteiger charge is 2.64. The molecular formula is C90H92F12O18S6. The van der Waals surface area contributed by atoms with Crippen molar-refractivity contribution in [1.82, 2.24) is 0 Å². The van der Waals surface area contributed by atoms with Crippen LogP contribution in [0, 0.1) is 5.92 Å². The van der Waals surface area contributed by atoms with E-state index < -0.39 is 140 Å². The van der Waals surface area contributed by atoms with Crippen LogP contribution in [0.4, 0.5) is 52.7 Å². The smallest absolute Gasteiger partial charge is 0.396 e. The first-order chi connectivity index (χ1) is 59.2.